The van der Waals surface area contributed by atoms with Gasteiger partial charge in [-0.05, 0) is 68.3 Å². The highest BCUT2D eigenvalue weighted by atomic mass is 16.5. The first-order valence-corrected chi connectivity index (χ1v) is 8.32. The van der Waals surface area contributed by atoms with E-state index in [0.717, 1.165) is 31.1 Å². The van der Waals surface area contributed by atoms with Gasteiger partial charge >= 0.3 is 5.97 Å². The van der Waals surface area contributed by atoms with Crippen molar-refractivity contribution in [1.82, 2.24) is 0 Å². The number of carbonyl (C=O) groups excluding carboxylic acids is 1. The maximum atomic E-state index is 11.4. The second-order valence-electron chi connectivity index (χ2n) is 6.71. The minimum absolute atomic E-state index is 0.0103. The highest BCUT2D eigenvalue weighted by molar-refractivity contribution is 5.70. The van der Waals surface area contributed by atoms with Gasteiger partial charge in [0.25, 0.3) is 0 Å². The lowest BCUT2D eigenvalue weighted by atomic mass is 9.68. The Bertz CT molecular complexity index is 421. The van der Waals surface area contributed by atoms with E-state index >= 15 is 0 Å². The molecule has 1 fully saturated rings. The molecule has 0 radical (unpaired) electrons. The SMILES string of the molecule is C[C@H]1C=CC2=CCCC[C@@H]2C1CC[C@@H]1CCCC(=O)O1. The predicted octanol–water partition coefficient (Wildman–Crippen LogP) is 4.41. The maximum Gasteiger partial charge on any atom is 0.306 e. The molecule has 0 N–H and O–H groups in total. The summed E-state index contributed by atoms with van der Waals surface area (Å²) in [5, 5.41) is 0. The Morgan fingerprint density at radius 1 is 1.25 bits per heavy atom. The van der Waals surface area contributed by atoms with E-state index < -0.39 is 0 Å². The molecule has 1 aliphatic heterocycles. The molecule has 0 bridgehead atoms. The first kappa shape index (κ1) is 13.9. The topological polar surface area (TPSA) is 26.3 Å². The third-order valence-electron chi connectivity index (χ3n) is 5.34. The van der Waals surface area contributed by atoms with E-state index in [2.05, 4.69) is 25.2 Å². The van der Waals surface area contributed by atoms with Crippen LogP contribution in [0, 0.1) is 17.8 Å². The van der Waals surface area contributed by atoms with Crippen LogP contribution in [0.1, 0.15) is 58.3 Å². The van der Waals surface area contributed by atoms with E-state index in [1.54, 1.807) is 5.57 Å². The standard InChI is InChI=1S/C18H26O2/c1-13-9-10-14-5-2-3-7-17(14)16(13)12-11-15-6-4-8-18(19)20-15/h5,9-10,13,15-17H,2-4,6-8,11-12H2,1H3/t13-,15-,16?,17-/m0/s1. The zero-order valence-corrected chi connectivity index (χ0v) is 12.5. The van der Waals surface area contributed by atoms with Crippen LogP contribution in [-0.2, 0) is 9.53 Å². The predicted molar refractivity (Wildman–Crippen MR) is 80.2 cm³/mol. The number of cyclic esters (lactones) is 1. The first-order valence-electron chi connectivity index (χ1n) is 8.32. The number of hydrogen-bond donors (Lipinski definition) is 0. The molecule has 3 rings (SSSR count). The molecule has 2 nitrogen and oxygen atoms in total. The lowest BCUT2D eigenvalue weighted by Crippen LogP contribution is -2.30. The van der Waals surface area contributed by atoms with Crippen LogP contribution in [0.2, 0.25) is 0 Å². The van der Waals surface area contributed by atoms with Crippen molar-refractivity contribution >= 4 is 5.97 Å². The summed E-state index contributed by atoms with van der Waals surface area (Å²) in [6.45, 7) is 2.35. The average molecular weight is 274 g/mol. The summed E-state index contributed by atoms with van der Waals surface area (Å²) in [7, 11) is 0. The molecule has 0 amide bonds. The van der Waals surface area contributed by atoms with Crippen molar-refractivity contribution in [3.63, 3.8) is 0 Å². The fourth-order valence-corrected chi connectivity index (χ4v) is 4.17. The van der Waals surface area contributed by atoms with Crippen LogP contribution < -0.4 is 0 Å². The molecule has 1 saturated heterocycles. The fourth-order valence-electron chi connectivity index (χ4n) is 4.17. The van der Waals surface area contributed by atoms with E-state index in [1.165, 1.54) is 25.7 Å². The van der Waals surface area contributed by atoms with Gasteiger partial charge in [0.1, 0.15) is 6.10 Å². The van der Waals surface area contributed by atoms with Crippen LogP contribution in [0.5, 0.6) is 0 Å². The lowest BCUT2D eigenvalue weighted by Gasteiger charge is -2.38. The van der Waals surface area contributed by atoms with Gasteiger partial charge in [-0.2, -0.15) is 0 Å². The molecule has 1 heterocycles. The second kappa shape index (κ2) is 6.15. The van der Waals surface area contributed by atoms with Crippen molar-refractivity contribution in [3.05, 3.63) is 23.8 Å². The van der Waals surface area contributed by atoms with Crippen LogP contribution in [-0.4, -0.2) is 12.1 Å². The Hall–Kier alpha value is -1.05. The van der Waals surface area contributed by atoms with Crippen molar-refractivity contribution in [2.75, 3.05) is 0 Å². The first-order chi connectivity index (χ1) is 9.74. The molecule has 0 spiro atoms. The molecule has 3 aliphatic rings. The molecule has 2 heteroatoms. The van der Waals surface area contributed by atoms with Crippen LogP contribution in [0.4, 0.5) is 0 Å². The summed E-state index contributed by atoms with van der Waals surface area (Å²) in [6.07, 6.45) is 16.2. The van der Waals surface area contributed by atoms with Gasteiger partial charge in [-0.1, -0.05) is 25.2 Å². The molecule has 0 aromatic rings. The van der Waals surface area contributed by atoms with E-state index in [-0.39, 0.29) is 12.1 Å². The summed E-state index contributed by atoms with van der Waals surface area (Å²) in [5.74, 6) is 2.17. The molecule has 20 heavy (non-hydrogen) atoms. The number of allylic oxidation sites excluding steroid dienone is 4. The molecule has 1 unspecified atom stereocenters. The van der Waals surface area contributed by atoms with E-state index in [1.807, 2.05) is 0 Å². The van der Waals surface area contributed by atoms with Gasteiger partial charge in [0, 0.05) is 6.42 Å². The number of rotatable bonds is 3. The Morgan fingerprint density at radius 2 is 2.15 bits per heavy atom. The Balaban J connectivity index is 1.61. The quantitative estimate of drug-likeness (QED) is 0.712. The number of esters is 1. The van der Waals surface area contributed by atoms with Crippen molar-refractivity contribution < 1.29 is 9.53 Å². The van der Waals surface area contributed by atoms with Gasteiger partial charge in [-0.3, -0.25) is 4.79 Å². The average Bonchev–Trinajstić information content (AvgIpc) is 2.46. The smallest absolute Gasteiger partial charge is 0.306 e. The minimum Gasteiger partial charge on any atom is -0.462 e. The number of carbonyl (C=O) groups is 1. The molecule has 0 aromatic carbocycles. The molecule has 110 valence electrons. The molecular formula is C18H26O2. The van der Waals surface area contributed by atoms with Crippen LogP contribution >= 0.6 is 0 Å². The zero-order valence-electron chi connectivity index (χ0n) is 12.5. The lowest BCUT2D eigenvalue weighted by molar-refractivity contribution is -0.154. The van der Waals surface area contributed by atoms with Gasteiger partial charge < -0.3 is 4.74 Å². The normalized spacial score (nSPS) is 37.0. The monoisotopic (exact) mass is 274 g/mol. The van der Waals surface area contributed by atoms with Gasteiger partial charge in [-0.15, -0.1) is 0 Å². The van der Waals surface area contributed by atoms with E-state index in [0.29, 0.717) is 12.3 Å². The Labute approximate surface area is 122 Å². The van der Waals surface area contributed by atoms with Gasteiger partial charge in [0.05, 0.1) is 0 Å². The highest BCUT2D eigenvalue weighted by Gasteiger charge is 2.32. The minimum atomic E-state index is 0.0103. The number of hydrogen-bond acceptors (Lipinski definition) is 2. The highest BCUT2D eigenvalue weighted by Crippen LogP contribution is 2.42. The summed E-state index contributed by atoms with van der Waals surface area (Å²) in [4.78, 5) is 11.4. The Morgan fingerprint density at radius 3 is 3.00 bits per heavy atom. The van der Waals surface area contributed by atoms with Gasteiger partial charge in [-0.25, -0.2) is 0 Å². The number of ether oxygens (including phenoxy) is 1. The summed E-state index contributed by atoms with van der Waals surface area (Å²) in [5.41, 5.74) is 1.57. The van der Waals surface area contributed by atoms with Crippen LogP contribution in [0.3, 0.4) is 0 Å². The molecule has 2 aliphatic carbocycles. The molecule has 0 aromatic heterocycles. The Kier molecular flexibility index (Phi) is 4.28. The zero-order chi connectivity index (χ0) is 13.9. The van der Waals surface area contributed by atoms with E-state index in [4.69, 9.17) is 4.74 Å². The van der Waals surface area contributed by atoms with Crippen molar-refractivity contribution in [1.29, 1.82) is 0 Å². The van der Waals surface area contributed by atoms with E-state index in [9.17, 15) is 4.79 Å². The summed E-state index contributed by atoms with van der Waals surface area (Å²) < 4.78 is 5.48. The summed E-state index contributed by atoms with van der Waals surface area (Å²) >= 11 is 0. The van der Waals surface area contributed by atoms with Crippen LogP contribution in [0.15, 0.2) is 23.8 Å². The maximum absolute atomic E-state index is 11.4. The number of fused-ring (bicyclic) bond motifs is 1. The second-order valence-corrected chi connectivity index (χ2v) is 6.71. The largest absolute Gasteiger partial charge is 0.462 e. The third kappa shape index (κ3) is 2.99. The van der Waals surface area contributed by atoms with Crippen molar-refractivity contribution in [2.24, 2.45) is 17.8 Å². The van der Waals surface area contributed by atoms with Crippen LogP contribution in [0.25, 0.3) is 0 Å². The van der Waals surface area contributed by atoms with Gasteiger partial charge in [0.15, 0.2) is 0 Å². The molecular weight excluding hydrogens is 248 g/mol. The fraction of sp³-hybridized carbons (Fsp3) is 0.722. The molecule has 4 atom stereocenters. The van der Waals surface area contributed by atoms with Crippen molar-refractivity contribution in [2.45, 2.75) is 64.4 Å². The third-order valence-corrected chi connectivity index (χ3v) is 5.34. The van der Waals surface area contributed by atoms with Gasteiger partial charge in [0.2, 0.25) is 0 Å². The summed E-state index contributed by atoms with van der Waals surface area (Å²) in [6, 6.07) is 0. The van der Waals surface area contributed by atoms with Crippen molar-refractivity contribution in [3.8, 4) is 0 Å². The molecule has 0 saturated carbocycles.